The van der Waals surface area contributed by atoms with E-state index >= 15 is 0 Å². The molecule has 3 rings (SSSR count). The minimum atomic E-state index is 0.0163. The van der Waals surface area contributed by atoms with Crippen molar-refractivity contribution < 1.29 is 9.32 Å². The van der Waals surface area contributed by atoms with Crippen molar-refractivity contribution in [3.05, 3.63) is 35.5 Å². The van der Waals surface area contributed by atoms with E-state index in [0.717, 1.165) is 50.4 Å². The summed E-state index contributed by atoms with van der Waals surface area (Å²) in [5, 5.41) is 6.90. The lowest BCUT2D eigenvalue weighted by atomic mass is 10.1. The van der Waals surface area contributed by atoms with Crippen LogP contribution in [-0.2, 0) is 17.6 Å². The molecule has 2 heterocycles. The molecule has 0 bridgehead atoms. The third-order valence-electron chi connectivity index (χ3n) is 5.29. The van der Waals surface area contributed by atoms with Crippen LogP contribution in [0, 0.1) is 6.92 Å². The summed E-state index contributed by atoms with van der Waals surface area (Å²) in [4.78, 5) is 21.4. The number of rotatable bonds is 8. The number of carbonyl (C=O) groups excluding carboxylic acids is 1. The molecule has 1 amide bonds. The van der Waals surface area contributed by atoms with Crippen LogP contribution >= 0.6 is 0 Å². The van der Waals surface area contributed by atoms with Crippen molar-refractivity contribution in [2.75, 3.05) is 42.9 Å². The average Bonchev–Trinajstić information content (AvgIpc) is 3.17. The molecule has 0 spiro atoms. The summed E-state index contributed by atoms with van der Waals surface area (Å²) < 4.78 is 5.16. The highest BCUT2D eigenvalue weighted by atomic mass is 16.5. The first-order chi connectivity index (χ1) is 13.6. The van der Waals surface area contributed by atoms with Crippen LogP contribution in [-0.4, -0.2) is 53.7 Å². The maximum absolute atomic E-state index is 12.3. The molecule has 1 fully saturated rings. The van der Waals surface area contributed by atoms with E-state index in [1.54, 1.807) is 0 Å². The molecular weight excluding hydrogens is 354 g/mol. The Bertz CT molecular complexity index is 781. The van der Waals surface area contributed by atoms with Crippen LogP contribution in [0.25, 0.3) is 0 Å². The maximum atomic E-state index is 12.3. The predicted octanol–water partition coefficient (Wildman–Crippen LogP) is 3.04. The van der Waals surface area contributed by atoms with Crippen molar-refractivity contribution >= 4 is 17.3 Å². The van der Waals surface area contributed by atoms with Crippen LogP contribution in [0.5, 0.6) is 0 Å². The van der Waals surface area contributed by atoms with Crippen LogP contribution < -0.4 is 10.2 Å². The van der Waals surface area contributed by atoms with E-state index in [4.69, 9.17) is 4.52 Å². The van der Waals surface area contributed by atoms with E-state index in [1.807, 2.05) is 19.9 Å². The first kappa shape index (κ1) is 20.3. The van der Waals surface area contributed by atoms with E-state index in [1.165, 1.54) is 5.69 Å². The summed E-state index contributed by atoms with van der Waals surface area (Å²) in [6.07, 6.45) is 2.51. The summed E-state index contributed by atoms with van der Waals surface area (Å²) >= 11 is 0. The highest BCUT2D eigenvalue weighted by Gasteiger charge is 2.16. The zero-order chi connectivity index (χ0) is 19.9. The van der Waals surface area contributed by atoms with Gasteiger partial charge in [-0.25, -0.2) is 0 Å². The first-order valence-electron chi connectivity index (χ1n) is 10.3. The largest absolute Gasteiger partial charge is 0.369 e. The Morgan fingerprint density at radius 1 is 1.21 bits per heavy atom. The van der Waals surface area contributed by atoms with Crippen molar-refractivity contribution in [3.63, 3.8) is 0 Å². The van der Waals surface area contributed by atoms with E-state index in [2.05, 4.69) is 44.3 Å². The lowest BCUT2D eigenvalue weighted by Crippen LogP contribution is -2.46. The number of carbonyl (C=O) groups is 1. The van der Waals surface area contributed by atoms with E-state index in [-0.39, 0.29) is 5.91 Å². The van der Waals surface area contributed by atoms with Crippen LogP contribution in [0.4, 0.5) is 11.4 Å². The summed E-state index contributed by atoms with van der Waals surface area (Å²) in [6.45, 7) is 11.7. The van der Waals surface area contributed by atoms with Crippen LogP contribution in [0.3, 0.4) is 0 Å². The summed E-state index contributed by atoms with van der Waals surface area (Å²) in [5.41, 5.74) is 3.20. The Morgan fingerprint density at radius 2 is 2.00 bits per heavy atom. The van der Waals surface area contributed by atoms with E-state index < -0.39 is 0 Å². The molecule has 1 aromatic heterocycles. The van der Waals surface area contributed by atoms with Crippen molar-refractivity contribution in [2.45, 2.75) is 46.5 Å². The normalized spacial score (nSPS) is 15.0. The number of hydrogen-bond donors (Lipinski definition) is 1. The van der Waals surface area contributed by atoms with Crippen molar-refractivity contribution in [1.82, 2.24) is 15.0 Å². The van der Waals surface area contributed by atoms with Gasteiger partial charge in [0.05, 0.1) is 0 Å². The smallest absolute Gasteiger partial charge is 0.226 e. The minimum Gasteiger partial charge on any atom is -0.369 e. The zero-order valence-corrected chi connectivity index (χ0v) is 17.2. The fraction of sp³-hybridized carbons (Fsp3) is 0.571. The van der Waals surface area contributed by atoms with Crippen LogP contribution in [0.2, 0.25) is 0 Å². The maximum Gasteiger partial charge on any atom is 0.226 e. The van der Waals surface area contributed by atoms with Gasteiger partial charge in [-0.05, 0) is 43.7 Å². The standard InChI is InChI=1S/C21H31N5O2/c1-4-19-23-21(28-24-19)8-6-7-20(27)22-18-10-9-17(15-16(18)3)26-13-11-25(5-2)12-14-26/h9-10,15H,4-8,11-14H2,1-3H3,(H,22,27). The van der Waals surface area contributed by atoms with Gasteiger partial charge >= 0.3 is 0 Å². The Balaban J connectivity index is 1.48. The molecule has 28 heavy (non-hydrogen) atoms. The van der Waals surface area contributed by atoms with Gasteiger partial charge in [0.2, 0.25) is 11.8 Å². The average molecular weight is 386 g/mol. The highest BCUT2D eigenvalue weighted by molar-refractivity contribution is 5.91. The fourth-order valence-corrected chi connectivity index (χ4v) is 3.46. The Kier molecular flexibility index (Phi) is 7.03. The molecule has 152 valence electrons. The van der Waals surface area contributed by atoms with Gasteiger partial charge in [0.1, 0.15) is 0 Å². The highest BCUT2D eigenvalue weighted by Crippen LogP contribution is 2.24. The molecule has 7 nitrogen and oxygen atoms in total. The summed E-state index contributed by atoms with van der Waals surface area (Å²) in [7, 11) is 0. The number of nitrogens with one attached hydrogen (secondary N) is 1. The Morgan fingerprint density at radius 3 is 2.64 bits per heavy atom. The second-order valence-electron chi connectivity index (χ2n) is 7.28. The van der Waals surface area contributed by atoms with Gasteiger partial charge in [0, 0.05) is 56.8 Å². The lowest BCUT2D eigenvalue weighted by Gasteiger charge is -2.35. The van der Waals surface area contributed by atoms with Gasteiger partial charge in [-0.2, -0.15) is 4.98 Å². The monoisotopic (exact) mass is 385 g/mol. The number of aromatic nitrogens is 2. The summed E-state index contributed by atoms with van der Waals surface area (Å²) in [5.74, 6) is 1.34. The Hall–Kier alpha value is -2.41. The van der Waals surface area contributed by atoms with Gasteiger partial charge in [0.15, 0.2) is 5.82 Å². The number of anilines is 2. The molecule has 0 unspecified atom stereocenters. The molecular formula is C21H31N5O2. The number of likely N-dealkylation sites (N-methyl/N-ethyl adjacent to an activating group) is 1. The molecule has 0 saturated carbocycles. The molecule has 1 aromatic carbocycles. The van der Waals surface area contributed by atoms with Gasteiger partial charge in [0.25, 0.3) is 0 Å². The quantitative estimate of drug-likeness (QED) is 0.753. The second-order valence-corrected chi connectivity index (χ2v) is 7.28. The topological polar surface area (TPSA) is 74.5 Å². The van der Waals surface area contributed by atoms with Crippen LogP contribution in [0.15, 0.2) is 22.7 Å². The van der Waals surface area contributed by atoms with E-state index in [9.17, 15) is 4.79 Å². The minimum absolute atomic E-state index is 0.0163. The number of amides is 1. The van der Waals surface area contributed by atoms with Crippen molar-refractivity contribution in [1.29, 1.82) is 0 Å². The van der Waals surface area contributed by atoms with Crippen molar-refractivity contribution in [3.8, 4) is 0 Å². The third kappa shape index (κ3) is 5.32. The number of aryl methyl sites for hydroxylation is 3. The van der Waals surface area contributed by atoms with Gasteiger partial charge in [-0.3, -0.25) is 4.79 Å². The number of piperazine rings is 1. The molecule has 0 radical (unpaired) electrons. The Labute approximate surface area is 167 Å². The molecule has 1 aliphatic rings. The molecule has 1 aliphatic heterocycles. The van der Waals surface area contributed by atoms with Gasteiger partial charge in [-0.15, -0.1) is 0 Å². The second kappa shape index (κ2) is 9.68. The SMILES string of the molecule is CCc1noc(CCCC(=O)Nc2ccc(N3CCN(CC)CC3)cc2C)n1. The molecule has 0 atom stereocenters. The number of hydrogen-bond acceptors (Lipinski definition) is 6. The molecule has 2 aromatic rings. The third-order valence-corrected chi connectivity index (χ3v) is 5.29. The summed E-state index contributed by atoms with van der Waals surface area (Å²) in [6, 6.07) is 6.29. The number of nitrogens with zero attached hydrogens (tertiary/aromatic N) is 4. The van der Waals surface area contributed by atoms with Crippen molar-refractivity contribution in [2.24, 2.45) is 0 Å². The fourth-order valence-electron chi connectivity index (χ4n) is 3.46. The zero-order valence-electron chi connectivity index (χ0n) is 17.2. The van der Waals surface area contributed by atoms with E-state index in [0.29, 0.717) is 31.0 Å². The lowest BCUT2D eigenvalue weighted by molar-refractivity contribution is -0.116. The molecule has 1 saturated heterocycles. The molecule has 0 aliphatic carbocycles. The molecule has 1 N–H and O–H groups in total. The predicted molar refractivity (Wildman–Crippen MR) is 111 cm³/mol. The molecule has 7 heteroatoms. The first-order valence-corrected chi connectivity index (χ1v) is 10.3. The van der Waals surface area contributed by atoms with Gasteiger partial charge < -0.3 is 19.6 Å². The van der Waals surface area contributed by atoms with Crippen LogP contribution in [0.1, 0.15) is 44.0 Å². The number of benzene rings is 1. The van der Waals surface area contributed by atoms with Gasteiger partial charge in [-0.1, -0.05) is 19.0 Å².